The quantitative estimate of drug-likeness (QED) is 0.142. The second-order valence-electron chi connectivity index (χ2n) is 34.2. The van der Waals surface area contributed by atoms with Gasteiger partial charge in [-0.25, -0.2) is 0 Å². The van der Waals surface area contributed by atoms with E-state index < -0.39 is 0 Å². The highest BCUT2D eigenvalue weighted by Gasteiger charge is 2.32. The molecule has 0 atom stereocenters. The molecular weight excluding hydrogens is 1270 g/mol. The van der Waals surface area contributed by atoms with Crippen LogP contribution in [0.15, 0.2) is 176 Å². The number of benzene rings is 6. The molecule has 0 spiro atoms. The lowest BCUT2D eigenvalue weighted by Gasteiger charge is -2.34. The van der Waals surface area contributed by atoms with Gasteiger partial charge in [-0.15, -0.1) is 0 Å². The zero-order chi connectivity index (χ0) is 74.0. The van der Waals surface area contributed by atoms with E-state index in [0.29, 0.717) is 10.8 Å². The van der Waals surface area contributed by atoms with Crippen LogP contribution in [0.25, 0.3) is 88.1 Å². The summed E-state index contributed by atoms with van der Waals surface area (Å²) >= 11 is 0. The van der Waals surface area contributed by atoms with Crippen molar-refractivity contribution >= 4 is 43.1 Å². The molecule has 0 radical (unpaired) electrons. The molecule has 105 heavy (non-hydrogen) atoms. The highest BCUT2D eigenvalue weighted by Crippen LogP contribution is 2.46. The third kappa shape index (κ3) is 16.2. The molecule has 6 heteroatoms. The molecule has 6 nitrogen and oxygen atoms in total. The van der Waals surface area contributed by atoms with Crippen molar-refractivity contribution in [3.8, 4) is 45.0 Å². The first-order chi connectivity index (χ1) is 50.4. The fourth-order valence-electron chi connectivity index (χ4n) is 18.3. The van der Waals surface area contributed by atoms with E-state index in [-0.39, 0.29) is 0 Å². The summed E-state index contributed by atoms with van der Waals surface area (Å²) in [6.45, 7) is 29.5. The second-order valence-corrected chi connectivity index (χ2v) is 34.2. The molecule has 0 saturated heterocycles. The molecule has 0 aliphatic heterocycles. The summed E-state index contributed by atoms with van der Waals surface area (Å²) in [7, 11) is 8.71. The van der Waals surface area contributed by atoms with Gasteiger partial charge in [0.2, 0.25) is 22.8 Å². The van der Waals surface area contributed by atoms with Crippen LogP contribution < -0.4 is 18.3 Å². The van der Waals surface area contributed by atoms with E-state index in [4.69, 9.17) is 0 Å². The number of fused-ring (bicyclic) bond motifs is 4. The van der Waals surface area contributed by atoms with Crippen LogP contribution in [0.4, 0.5) is 0 Å². The highest BCUT2D eigenvalue weighted by atomic mass is 15.0. The maximum absolute atomic E-state index is 4.38. The van der Waals surface area contributed by atoms with Crippen molar-refractivity contribution in [1.29, 1.82) is 0 Å². The first kappa shape index (κ1) is 74.5. The monoisotopic (exact) mass is 1390 g/mol. The third-order valence-electron chi connectivity index (χ3n) is 25.8. The Hall–Kier alpha value is -8.74. The maximum Gasteiger partial charge on any atom is 0.222 e. The van der Waals surface area contributed by atoms with Crippen molar-refractivity contribution in [2.45, 2.75) is 229 Å². The molecule has 6 aromatic heterocycles. The van der Waals surface area contributed by atoms with E-state index in [1.165, 1.54) is 277 Å². The fraction of sp³-hybridized carbons (Fsp3) is 0.414. The van der Waals surface area contributed by atoms with Gasteiger partial charge in [0, 0.05) is 87.9 Å². The zero-order valence-electron chi connectivity index (χ0n) is 67.0. The molecule has 4 aliphatic carbocycles. The Labute approximate surface area is 630 Å². The molecule has 12 aromatic rings. The standard InChI is InChI=1S/C27H34N.C26H32N.2C23H27N2/c1-18-8-7-9-24(20(18)3)26-25-11-10-22(17-23(25)16-19(2)28(26)6)21-12-14-27(4,5)15-13-21;1-18-8-6-7-9-23(18)25-24-11-10-21(17-22(24)16-19(2)27(25)5)20-12-14-26(3,4)15-13-20;1-16-15-24-12-11-21(16)23-22-10-9-19(18-7-5-4-6-8-18)14-20(22)13-17(2)25(23)3;1-16-11-12-24-15-22(16)23-21-10-9-19(18-7-5-4-6-8-18)14-20(21)13-17(2)25(23)3/h7-11,16-17,21H,12-15H2,1-6H3;6-11,16-17,20H,12-15H2,1-5H3;2*9-15,18H,4-8H2,1-3H3/q4*+1. The van der Waals surface area contributed by atoms with Gasteiger partial charge in [-0.3, -0.25) is 9.97 Å². The Bertz CT molecular complexity index is 4990. The van der Waals surface area contributed by atoms with Crippen LogP contribution >= 0.6 is 0 Å². The summed E-state index contributed by atoms with van der Waals surface area (Å²) in [6.07, 6.45) is 32.1. The van der Waals surface area contributed by atoms with Crippen molar-refractivity contribution in [3.63, 3.8) is 0 Å². The van der Waals surface area contributed by atoms with Gasteiger partial charge in [-0.2, -0.15) is 18.3 Å². The van der Waals surface area contributed by atoms with Crippen LogP contribution in [0.5, 0.6) is 0 Å². The normalized spacial score (nSPS) is 16.5. The van der Waals surface area contributed by atoms with Gasteiger partial charge in [-0.1, -0.05) is 145 Å². The predicted octanol–water partition coefficient (Wildman–Crippen LogP) is 24.4. The van der Waals surface area contributed by atoms with E-state index in [1.807, 2.05) is 24.8 Å². The molecule has 16 rings (SSSR count). The molecule has 6 heterocycles. The first-order valence-corrected chi connectivity index (χ1v) is 40.1. The average Bonchev–Trinajstić information content (AvgIpc) is 0.774. The molecule has 4 aliphatic rings. The van der Waals surface area contributed by atoms with Crippen LogP contribution in [0.2, 0.25) is 0 Å². The molecule has 4 saturated carbocycles. The van der Waals surface area contributed by atoms with E-state index in [9.17, 15) is 0 Å². The molecule has 0 N–H and O–H groups in total. The smallest absolute Gasteiger partial charge is 0.222 e. The lowest BCUT2D eigenvalue weighted by molar-refractivity contribution is -0.665. The fourth-order valence-corrected chi connectivity index (χ4v) is 18.3. The number of nitrogens with zero attached hydrogens (tertiary/aromatic N) is 6. The Morgan fingerprint density at radius 2 is 0.619 bits per heavy atom. The summed E-state index contributed by atoms with van der Waals surface area (Å²) in [5.74, 6) is 2.93. The van der Waals surface area contributed by atoms with Crippen molar-refractivity contribution < 1.29 is 18.3 Å². The van der Waals surface area contributed by atoms with Gasteiger partial charge in [0.05, 0.1) is 32.7 Å². The molecular formula is C99H120N6+4. The largest absolute Gasteiger partial charge is 0.264 e. The highest BCUT2D eigenvalue weighted by molar-refractivity contribution is 5.97. The Morgan fingerprint density at radius 3 is 1.01 bits per heavy atom. The van der Waals surface area contributed by atoms with E-state index >= 15 is 0 Å². The number of aryl methyl sites for hydroxylation is 8. The van der Waals surface area contributed by atoms with Gasteiger partial charge >= 0.3 is 0 Å². The molecule has 0 amide bonds. The van der Waals surface area contributed by atoms with Crippen molar-refractivity contribution in [1.82, 2.24) is 9.97 Å². The van der Waals surface area contributed by atoms with E-state index in [1.54, 1.807) is 0 Å². The molecule has 0 bridgehead atoms. The van der Waals surface area contributed by atoms with E-state index in [2.05, 4.69) is 298 Å². The molecule has 6 aromatic carbocycles. The Morgan fingerprint density at radius 1 is 0.295 bits per heavy atom. The average molecular weight is 1390 g/mol. The van der Waals surface area contributed by atoms with Crippen LogP contribution in [0.3, 0.4) is 0 Å². The second kappa shape index (κ2) is 31.8. The van der Waals surface area contributed by atoms with Gasteiger partial charge in [0.1, 0.15) is 28.2 Å². The number of hydrogen-bond acceptors (Lipinski definition) is 2. The van der Waals surface area contributed by atoms with Crippen molar-refractivity contribution in [3.05, 3.63) is 249 Å². The first-order valence-electron chi connectivity index (χ1n) is 40.1. The topological polar surface area (TPSA) is 41.3 Å². The molecule has 0 unspecified atom stereocenters. The van der Waals surface area contributed by atoms with Crippen LogP contribution in [-0.4, -0.2) is 9.97 Å². The zero-order valence-corrected chi connectivity index (χ0v) is 67.0. The minimum Gasteiger partial charge on any atom is -0.264 e. The van der Waals surface area contributed by atoms with Crippen molar-refractivity contribution in [2.24, 2.45) is 39.0 Å². The summed E-state index contributed by atoms with van der Waals surface area (Å²) in [5, 5.41) is 10.9. The predicted molar refractivity (Wildman–Crippen MR) is 442 cm³/mol. The van der Waals surface area contributed by atoms with Crippen LogP contribution in [0, 0.1) is 73.1 Å². The number of pyridine rings is 6. The summed E-state index contributed by atoms with van der Waals surface area (Å²) < 4.78 is 9.30. The summed E-state index contributed by atoms with van der Waals surface area (Å²) in [4.78, 5) is 8.65. The maximum atomic E-state index is 4.38. The van der Waals surface area contributed by atoms with Crippen LogP contribution in [-0.2, 0) is 28.2 Å². The molecule has 4 fully saturated rings. The lowest BCUT2D eigenvalue weighted by atomic mass is 9.71. The van der Waals surface area contributed by atoms with Gasteiger partial charge in [0.15, 0.2) is 22.8 Å². The SMILES string of the molecule is Cc1cccc(-c2c3ccc(C4CCC(C)(C)CC4)cc3cc(C)[n+]2C)c1C.Cc1ccccc1-c1c2ccc(C3CCC(C)(C)CC3)cc2cc(C)[n+]1C.Cc1ccncc1-c1c2ccc(C3CCCCC3)cc2cc(C)[n+]1C.Cc1cnccc1-c1c2ccc(C3CCCCC3)cc2cc(C)[n+]1C. The Kier molecular flexibility index (Phi) is 22.5. The molecule has 542 valence electrons. The number of rotatable bonds is 8. The number of aromatic nitrogens is 6. The van der Waals surface area contributed by atoms with Gasteiger partial charge in [0.25, 0.3) is 0 Å². The van der Waals surface area contributed by atoms with E-state index in [0.717, 1.165) is 23.7 Å². The minimum atomic E-state index is 0.521. The third-order valence-corrected chi connectivity index (χ3v) is 25.8. The van der Waals surface area contributed by atoms with Gasteiger partial charge in [-0.05, 0) is 266 Å². The Balaban J connectivity index is 0.000000124. The minimum absolute atomic E-state index is 0.521. The van der Waals surface area contributed by atoms with Crippen molar-refractivity contribution in [2.75, 3.05) is 0 Å². The summed E-state index contributed by atoms with van der Waals surface area (Å²) in [6, 6.07) is 57.8. The number of hydrogen-bond donors (Lipinski definition) is 0. The lowest BCUT2D eigenvalue weighted by Crippen LogP contribution is -2.35. The van der Waals surface area contributed by atoms with Crippen LogP contribution in [0.1, 0.15) is 240 Å². The summed E-state index contributed by atoms with van der Waals surface area (Å²) in [5.41, 5.74) is 29.3. The van der Waals surface area contributed by atoms with Gasteiger partial charge < -0.3 is 0 Å².